The van der Waals surface area contributed by atoms with Crippen LogP contribution in [0.3, 0.4) is 0 Å². The van der Waals surface area contributed by atoms with Crippen LogP contribution in [0.2, 0.25) is 0 Å². The average Bonchev–Trinajstić information content (AvgIpc) is 3.18. The molecule has 0 bridgehead atoms. The Morgan fingerprint density at radius 2 is 2.20 bits per heavy atom. The van der Waals surface area contributed by atoms with Crippen molar-refractivity contribution in [1.29, 1.82) is 0 Å². The van der Waals surface area contributed by atoms with Gasteiger partial charge in [-0.05, 0) is 25.5 Å². The number of rotatable bonds is 6. The van der Waals surface area contributed by atoms with Gasteiger partial charge in [0.25, 0.3) is 0 Å². The van der Waals surface area contributed by atoms with Crippen LogP contribution in [0.1, 0.15) is 23.7 Å². The molecule has 2 atom stereocenters. The summed E-state index contributed by atoms with van der Waals surface area (Å²) in [7, 11) is 1.39. The molecule has 1 aliphatic rings. The number of methoxy groups -OCH3 is 1. The summed E-state index contributed by atoms with van der Waals surface area (Å²) < 4.78 is 10.4. The van der Waals surface area contributed by atoms with Crippen molar-refractivity contribution in [1.82, 2.24) is 0 Å². The van der Waals surface area contributed by atoms with Crippen molar-refractivity contribution in [2.24, 2.45) is 5.92 Å². The molecule has 0 saturated heterocycles. The highest BCUT2D eigenvalue weighted by Gasteiger charge is 2.43. The van der Waals surface area contributed by atoms with Crippen molar-refractivity contribution in [3.05, 3.63) is 23.8 Å². The molecule has 20 heavy (non-hydrogen) atoms. The van der Waals surface area contributed by atoms with E-state index in [1.165, 1.54) is 19.2 Å². The minimum atomic E-state index is -1.07. The van der Waals surface area contributed by atoms with Gasteiger partial charge in [-0.25, -0.2) is 4.79 Å². The number of hydrogen-bond donors (Lipinski definition) is 2. The van der Waals surface area contributed by atoms with Gasteiger partial charge in [0.15, 0.2) is 0 Å². The predicted molar refractivity (Wildman–Crippen MR) is 72.1 cm³/mol. The molecule has 1 aromatic carbocycles. The highest BCUT2D eigenvalue weighted by molar-refractivity contribution is 5.96. The molecule has 1 aromatic rings. The Bertz CT molecular complexity index is 528. The molecule has 2 N–H and O–H groups in total. The van der Waals surface area contributed by atoms with Gasteiger partial charge in [-0.15, -0.1) is 0 Å². The van der Waals surface area contributed by atoms with E-state index in [0.29, 0.717) is 12.3 Å². The van der Waals surface area contributed by atoms with Crippen LogP contribution in [-0.2, 0) is 9.53 Å². The fourth-order valence-corrected chi connectivity index (χ4v) is 2.03. The molecule has 0 aliphatic heterocycles. The van der Waals surface area contributed by atoms with Gasteiger partial charge in [0.1, 0.15) is 11.3 Å². The minimum absolute atomic E-state index is 0.000174. The summed E-state index contributed by atoms with van der Waals surface area (Å²) in [6.45, 7) is 2.48. The largest absolute Gasteiger partial charge is 0.496 e. The Morgan fingerprint density at radius 1 is 1.45 bits per heavy atom. The number of anilines is 1. The van der Waals surface area contributed by atoms with Gasteiger partial charge in [-0.2, -0.15) is 0 Å². The summed E-state index contributed by atoms with van der Waals surface area (Å²) in [5.41, 5.74) is 0.572. The Kier molecular flexibility index (Phi) is 4.24. The number of carboxylic acid groups (broad SMARTS) is 1. The number of ether oxygens (including phenoxy) is 2. The molecule has 0 heterocycles. The molecular formula is C14H17NO5. The Hall–Kier alpha value is -2.08. The topological polar surface area (TPSA) is 84.9 Å². The Labute approximate surface area is 116 Å². The molecule has 0 unspecified atom stereocenters. The predicted octanol–water partition coefficient (Wildman–Crippen LogP) is 1.76. The molecule has 2 rings (SSSR count). The van der Waals surface area contributed by atoms with Gasteiger partial charge in [-0.3, -0.25) is 4.79 Å². The zero-order valence-electron chi connectivity index (χ0n) is 11.4. The molecule has 108 valence electrons. The normalized spacial score (nSPS) is 20.3. The molecule has 6 heteroatoms. The summed E-state index contributed by atoms with van der Waals surface area (Å²) in [5.74, 6) is -1.10. The third-order valence-corrected chi connectivity index (χ3v) is 3.15. The molecule has 0 aromatic heterocycles. The monoisotopic (exact) mass is 279 g/mol. The summed E-state index contributed by atoms with van der Waals surface area (Å²) >= 11 is 0. The number of amides is 1. The van der Waals surface area contributed by atoms with Gasteiger partial charge in [-0.1, -0.05) is 0 Å². The Balaban J connectivity index is 2.03. The lowest BCUT2D eigenvalue weighted by Crippen LogP contribution is -2.17. The number of hydrogen-bond acceptors (Lipinski definition) is 4. The van der Waals surface area contributed by atoms with Crippen LogP contribution < -0.4 is 10.1 Å². The van der Waals surface area contributed by atoms with E-state index >= 15 is 0 Å². The van der Waals surface area contributed by atoms with Crippen molar-refractivity contribution in [2.75, 3.05) is 19.0 Å². The molecule has 1 fully saturated rings. The highest BCUT2D eigenvalue weighted by atomic mass is 16.5. The second kappa shape index (κ2) is 5.92. The van der Waals surface area contributed by atoms with E-state index in [0.717, 1.165) is 6.42 Å². The van der Waals surface area contributed by atoms with Crippen molar-refractivity contribution >= 4 is 17.6 Å². The lowest BCUT2D eigenvalue weighted by molar-refractivity contribution is -0.118. The third kappa shape index (κ3) is 3.08. The van der Waals surface area contributed by atoms with E-state index in [1.54, 1.807) is 6.07 Å². The molecule has 1 amide bonds. The van der Waals surface area contributed by atoms with E-state index in [-0.39, 0.29) is 29.2 Å². The zero-order chi connectivity index (χ0) is 14.7. The lowest BCUT2D eigenvalue weighted by atomic mass is 10.2. The van der Waals surface area contributed by atoms with Crippen LogP contribution >= 0.6 is 0 Å². The van der Waals surface area contributed by atoms with Gasteiger partial charge in [0.05, 0.1) is 19.1 Å². The van der Waals surface area contributed by atoms with Crippen molar-refractivity contribution in [2.45, 2.75) is 19.4 Å². The fourth-order valence-electron chi connectivity index (χ4n) is 2.03. The number of nitrogens with one attached hydrogen (secondary N) is 1. The van der Waals surface area contributed by atoms with Gasteiger partial charge in [0.2, 0.25) is 5.91 Å². The van der Waals surface area contributed by atoms with Crippen LogP contribution in [0.5, 0.6) is 5.75 Å². The van der Waals surface area contributed by atoms with E-state index in [9.17, 15) is 9.59 Å². The molecule has 1 saturated carbocycles. The first-order valence-electron chi connectivity index (χ1n) is 6.40. The van der Waals surface area contributed by atoms with Gasteiger partial charge >= 0.3 is 5.97 Å². The number of carboxylic acids is 1. The molecule has 6 nitrogen and oxygen atoms in total. The van der Waals surface area contributed by atoms with Crippen LogP contribution in [0, 0.1) is 5.92 Å². The van der Waals surface area contributed by atoms with Crippen LogP contribution in [-0.4, -0.2) is 36.8 Å². The standard InChI is InChI=1S/C14H17NO5/c1-3-20-12-7-10(12)13(16)15-8-4-5-9(14(17)18)11(6-8)19-2/h4-6,10,12H,3,7H2,1-2H3,(H,15,16)(H,17,18)/t10-,12+/m1/s1. The maximum Gasteiger partial charge on any atom is 0.339 e. The van der Waals surface area contributed by atoms with Gasteiger partial charge < -0.3 is 19.9 Å². The first kappa shape index (κ1) is 14.3. The summed E-state index contributed by atoms with van der Waals surface area (Å²) in [6.07, 6.45) is 0.726. The van der Waals surface area contributed by atoms with E-state index in [1.807, 2.05) is 6.92 Å². The number of carbonyl (C=O) groups excluding carboxylic acids is 1. The maximum absolute atomic E-state index is 11.9. The Morgan fingerprint density at radius 3 is 2.80 bits per heavy atom. The molecule has 0 spiro atoms. The number of carbonyl (C=O) groups is 2. The second-order valence-corrected chi connectivity index (χ2v) is 4.55. The zero-order valence-corrected chi connectivity index (χ0v) is 11.4. The first-order chi connectivity index (χ1) is 9.56. The highest BCUT2D eigenvalue weighted by Crippen LogP contribution is 2.35. The van der Waals surface area contributed by atoms with E-state index in [2.05, 4.69) is 5.32 Å². The average molecular weight is 279 g/mol. The number of benzene rings is 1. The van der Waals surface area contributed by atoms with E-state index < -0.39 is 5.97 Å². The maximum atomic E-state index is 11.9. The van der Waals surface area contributed by atoms with Crippen LogP contribution in [0.25, 0.3) is 0 Å². The van der Waals surface area contributed by atoms with Crippen molar-refractivity contribution < 1.29 is 24.2 Å². The molecule has 0 radical (unpaired) electrons. The first-order valence-corrected chi connectivity index (χ1v) is 6.40. The van der Waals surface area contributed by atoms with Crippen molar-refractivity contribution in [3.63, 3.8) is 0 Å². The SMILES string of the molecule is CCO[C@H]1C[C@H]1C(=O)Nc1ccc(C(=O)O)c(OC)c1. The third-order valence-electron chi connectivity index (χ3n) is 3.15. The molecular weight excluding hydrogens is 262 g/mol. The fraction of sp³-hybridized carbons (Fsp3) is 0.429. The van der Waals surface area contributed by atoms with Crippen LogP contribution in [0.4, 0.5) is 5.69 Å². The summed E-state index contributed by atoms with van der Waals surface area (Å²) in [6, 6.07) is 4.45. The molecule has 1 aliphatic carbocycles. The second-order valence-electron chi connectivity index (χ2n) is 4.55. The summed E-state index contributed by atoms with van der Waals surface area (Å²) in [5, 5.41) is 11.7. The van der Waals surface area contributed by atoms with Crippen molar-refractivity contribution in [3.8, 4) is 5.75 Å². The lowest BCUT2D eigenvalue weighted by Gasteiger charge is -2.09. The number of aromatic carboxylic acids is 1. The van der Waals surface area contributed by atoms with E-state index in [4.69, 9.17) is 14.6 Å². The quantitative estimate of drug-likeness (QED) is 0.828. The summed E-state index contributed by atoms with van der Waals surface area (Å²) in [4.78, 5) is 22.9. The smallest absolute Gasteiger partial charge is 0.339 e. The minimum Gasteiger partial charge on any atom is -0.496 e. The van der Waals surface area contributed by atoms with Crippen LogP contribution in [0.15, 0.2) is 18.2 Å². The van der Waals surface area contributed by atoms with Gasteiger partial charge in [0, 0.05) is 18.4 Å².